The number of imidazole rings is 1. The summed E-state index contributed by atoms with van der Waals surface area (Å²) in [7, 11) is 0. The number of anilines is 1. The Morgan fingerprint density at radius 1 is 1.05 bits per heavy atom. The second kappa shape index (κ2) is 5.37. The first-order chi connectivity index (χ1) is 10.9. The molecule has 2 heterocycles. The summed E-state index contributed by atoms with van der Waals surface area (Å²) in [5, 5.41) is 7.58. The SMILES string of the molecule is c1cc(CNc2nc3ccccc3[nH]2)cc(-n2cccn2)c1. The molecule has 0 spiro atoms. The van der Waals surface area contributed by atoms with Gasteiger partial charge in [0.2, 0.25) is 5.95 Å². The first-order valence-corrected chi connectivity index (χ1v) is 7.16. The highest BCUT2D eigenvalue weighted by Gasteiger charge is 2.02. The molecular weight excluding hydrogens is 274 g/mol. The molecule has 2 aromatic heterocycles. The first kappa shape index (κ1) is 12.6. The fourth-order valence-electron chi connectivity index (χ4n) is 2.45. The minimum absolute atomic E-state index is 0.703. The summed E-state index contributed by atoms with van der Waals surface area (Å²) < 4.78 is 1.85. The second-order valence-electron chi connectivity index (χ2n) is 5.08. The molecule has 0 saturated heterocycles. The molecule has 0 aliphatic heterocycles. The quantitative estimate of drug-likeness (QED) is 0.605. The number of para-hydroxylation sites is 2. The molecule has 2 N–H and O–H groups in total. The third kappa shape index (κ3) is 2.44. The minimum atomic E-state index is 0.703. The lowest BCUT2D eigenvalue weighted by Crippen LogP contribution is -2.02. The number of nitrogens with zero attached hydrogens (tertiary/aromatic N) is 3. The van der Waals surface area contributed by atoms with Gasteiger partial charge >= 0.3 is 0 Å². The van der Waals surface area contributed by atoms with Gasteiger partial charge in [0.25, 0.3) is 0 Å². The third-order valence-electron chi connectivity index (χ3n) is 3.53. The van der Waals surface area contributed by atoms with Gasteiger partial charge in [0.1, 0.15) is 0 Å². The van der Waals surface area contributed by atoms with Crippen LogP contribution in [-0.4, -0.2) is 19.7 Å². The zero-order valence-electron chi connectivity index (χ0n) is 11.9. The third-order valence-corrected chi connectivity index (χ3v) is 3.53. The highest BCUT2D eigenvalue weighted by molar-refractivity contribution is 5.77. The van der Waals surface area contributed by atoms with Gasteiger partial charge in [-0.1, -0.05) is 24.3 Å². The van der Waals surface area contributed by atoms with Gasteiger partial charge in [-0.05, 0) is 35.9 Å². The Bertz CT molecular complexity index is 859. The summed E-state index contributed by atoms with van der Waals surface area (Å²) in [4.78, 5) is 7.78. The Hall–Kier alpha value is -3.08. The van der Waals surface area contributed by atoms with Crippen LogP contribution in [0.3, 0.4) is 0 Å². The molecule has 0 amide bonds. The number of aromatic nitrogens is 4. The number of H-pyrrole nitrogens is 1. The van der Waals surface area contributed by atoms with Crippen molar-refractivity contribution in [3.8, 4) is 5.69 Å². The smallest absolute Gasteiger partial charge is 0.201 e. The van der Waals surface area contributed by atoms with E-state index in [1.165, 1.54) is 5.56 Å². The van der Waals surface area contributed by atoms with Gasteiger partial charge in [-0.3, -0.25) is 0 Å². The molecular formula is C17H15N5. The number of benzene rings is 2. The highest BCUT2D eigenvalue weighted by Crippen LogP contribution is 2.15. The van der Waals surface area contributed by atoms with E-state index in [0.717, 1.165) is 22.7 Å². The summed E-state index contributed by atoms with van der Waals surface area (Å²) in [6.45, 7) is 0.703. The van der Waals surface area contributed by atoms with Gasteiger partial charge in [0.05, 0.1) is 16.7 Å². The predicted molar refractivity (Wildman–Crippen MR) is 87.0 cm³/mol. The van der Waals surface area contributed by atoms with Crippen LogP contribution in [0.5, 0.6) is 0 Å². The van der Waals surface area contributed by atoms with Crippen LogP contribution in [0.4, 0.5) is 5.95 Å². The lowest BCUT2D eigenvalue weighted by Gasteiger charge is -2.06. The van der Waals surface area contributed by atoms with Crippen molar-refractivity contribution in [3.63, 3.8) is 0 Å². The summed E-state index contributed by atoms with van der Waals surface area (Å²) in [5.74, 6) is 0.783. The zero-order chi connectivity index (χ0) is 14.8. The number of hydrogen-bond donors (Lipinski definition) is 2. The van der Waals surface area contributed by atoms with Gasteiger partial charge in [-0.15, -0.1) is 0 Å². The maximum atomic E-state index is 4.52. The molecule has 0 atom stereocenters. The van der Waals surface area contributed by atoms with Crippen LogP contribution < -0.4 is 5.32 Å². The van der Waals surface area contributed by atoms with Crippen LogP contribution in [0.25, 0.3) is 16.7 Å². The van der Waals surface area contributed by atoms with Gasteiger partial charge in [0.15, 0.2) is 0 Å². The normalized spacial score (nSPS) is 10.9. The van der Waals surface area contributed by atoms with Crippen molar-refractivity contribution < 1.29 is 0 Å². The topological polar surface area (TPSA) is 58.5 Å². The minimum Gasteiger partial charge on any atom is -0.352 e. The zero-order valence-corrected chi connectivity index (χ0v) is 11.9. The van der Waals surface area contributed by atoms with E-state index in [9.17, 15) is 0 Å². The van der Waals surface area contributed by atoms with E-state index in [1.807, 2.05) is 53.3 Å². The van der Waals surface area contributed by atoms with Crippen LogP contribution >= 0.6 is 0 Å². The van der Waals surface area contributed by atoms with E-state index in [2.05, 4.69) is 32.5 Å². The van der Waals surface area contributed by atoms with E-state index in [4.69, 9.17) is 0 Å². The maximum Gasteiger partial charge on any atom is 0.201 e. The van der Waals surface area contributed by atoms with E-state index in [0.29, 0.717) is 6.54 Å². The van der Waals surface area contributed by atoms with E-state index < -0.39 is 0 Å². The number of aromatic amines is 1. The summed E-state index contributed by atoms with van der Waals surface area (Å²) in [6.07, 6.45) is 3.71. The van der Waals surface area contributed by atoms with Crippen LogP contribution in [0.15, 0.2) is 67.0 Å². The Kier molecular flexibility index (Phi) is 3.08. The number of fused-ring (bicyclic) bond motifs is 1. The lowest BCUT2D eigenvalue weighted by molar-refractivity contribution is 0.877. The molecule has 0 aliphatic carbocycles. The van der Waals surface area contributed by atoms with Gasteiger partial charge in [-0.2, -0.15) is 5.10 Å². The Morgan fingerprint density at radius 3 is 2.86 bits per heavy atom. The van der Waals surface area contributed by atoms with Crippen LogP contribution in [0.1, 0.15) is 5.56 Å². The average Bonchev–Trinajstić information content (AvgIpc) is 3.22. The van der Waals surface area contributed by atoms with Crippen LogP contribution in [0, 0.1) is 0 Å². The van der Waals surface area contributed by atoms with E-state index in [1.54, 1.807) is 6.20 Å². The first-order valence-electron chi connectivity index (χ1n) is 7.16. The van der Waals surface area contributed by atoms with Crippen molar-refractivity contribution in [2.24, 2.45) is 0 Å². The van der Waals surface area contributed by atoms with Crippen molar-refractivity contribution in [1.82, 2.24) is 19.7 Å². The van der Waals surface area contributed by atoms with Crippen molar-refractivity contribution in [2.75, 3.05) is 5.32 Å². The molecule has 2 aromatic carbocycles. The van der Waals surface area contributed by atoms with Gasteiger partial charge in [0, 0.05) is 18.9 Å². The summed E-state index contributed by atoms with van der Waals surface area (Å²) in [5.41, 5.74) is 4.23. The lowest BCUT2D eigenvalue weighted by atomic mass is 10.2. The van der Waals surface area contributed by atoms with Crippen molar-refractivity contribution in [1.29, 1.82) is 0 Å². The fourth-order valence-corrected chi connectivity index (χ4v) is 2.45. The molecule has 0 fully saturated rings. The molecule has 5 heteroatoms. The molecule has 0 saturated carbocycles. The second-order valence-corrected chi connectivity index (χ2v) is 5.08. The van der Waals surface area contributed by atoms with Crippen molar-refractivity contribution in [3.05, 3.63) is 72.6 Å². The monoisotopic (exact) mass is 289 g/mol. The predicted octanol–water partition coefficient (Wildman–Crippen LogP) is 3.36. The van der Waals surface area contributed by atoms with E-state index in [-0.39, 0.29) is 0 Å². The van der Waals surface area contributed by atoms with Crippen molar-refractivity contribution in [2.45, 2.75) is 6.54 Å². The molecule has 22 heavy (non-hydrogen) atoms. The number of rotatable bonds is 4. The number of nitrogens with one attached hydrogen (secondary N) is 2. The molecule has 0 aliphatic rings. The Morgan fingerprint density at radius 2 is 2.00 bits per heavy atom. The van der Waals surface area contributed by atoms with Gasteiger partial charge in [-0.25, -0.2) is 9.67 Å². The summed E-state index contributed by atoms with van der Waals surface area (Å²) in [6, 6.07) is 18.2. The van der Waals surface area contributed by atoms with Gasteiger partial charge < -0.3 is 10.3 Å². The fraction of sp³-hybridized carbons (Fsp3) is 0.0588. The summed E-state index contributed by atoms with van der Waals surface area (Å²) >= 11 is 0. The highest BCUT2D eigenvalue weighted by atomic mass is 15.3. The molecule has 4 rings (SSSR count). The standard InChI is InChI=1S/C17H15N5/c1-2-8-16-15(7-1)20-17(21-16)18-12-13-5-3-6-14(11-13)22-10-4-9-19-22/h1-11H,12H2,(H2,18,20,21). The largest absolute Gasteiger partial charge is 0.352 e. The average molecular weight is 289 g/mol. The molecule has 4 aromatic rings. The molecule has 0 radical (unpaired) electrons. The van der Waals surface area contributed by atoms with Crippen LogP contribution in [0.2, 0.25) is 0 Å². The van der Waals surface area contributed by atoms with E-state index >= 15 is 0 Å². The molecule has 0 bridgehead atoms. The molecule has 5 nitrogen and oxygen atoms in total. The Balaban J connectivity index is 1.53. The van der Waals surface area contributed by atoms with Crippen LogP contribution in [-0.2, 0) is 6.54 Å². The number of hydrogen-bond acceptors (Lipinski definition) is 3. The molecule has 108 valence electrons. The van der Waals surface area contributed by atoms with Crippen molar-refractivity contribution >= 4 is 17.0 Å². The Labute approximate surface area is 127 Å². The maximum absolute atomic E-state index is 4.52. The molecule has 0 unspecified atom stereocenters.